The molecule has 0 aromatic carbocycles. The van der Waals surface area contributed by atoms with Crippen molar-refractivity contribution in [2.75, 3.05) is 26.4 Å². The Hall–Kier alpha value is -0.600. The van der Waals surface area contributed by atoms with Crippen molar-refractivity contribution in [3.05, 3.63) is 0 Å². The second-order valence-electron chi connectivity index (χ2n) is 10.9. The van der Waals surface area contributed by atoms with Crippen LogP contribution in [0.1, 0.15) is 64.7 Å². The van der Waals surface area contributed by atoms with Gasteiger partial charge in [-0.3, -0.25) is 0 Å². The molecule has 0 N–H and O–H groups in total. The summed E-state index contributed by atoms with van der Waals surface area (Å²) in [5, 5.41) is 0. The van der Waals surface area contributed by atoms with Gasteiger partial charge < -0.3 is 18.9 Å². The van der Waals surface area contributed by atoms with Gasteiger partial charge in [0.15, 0.2) is 12.1 Å². The lowest BCUT2D eigenvalue weighted by Crippen LogP contribution is -2.63. The first kappa shape index (κ1) is 19.1. The minimum Gasteiger partial charge on any atom is -0.349 e. The van der Waals surface area contributed by atoms with Crippen LogP contribution >= 0.6 is 0 Å². The lowest BCUT2D eigenvalue weighted by atomic mass is 9.42. The number of terminal acetylenes is 1. The van der Waals surface area contributed by atoms with Crippen LogP contribution in [0.5, 0.6) is 0 Å². The fraction of sp³-hybridized carbons (Fsp3) is 0.920. The van der Waals surface area contributed by atoms with Gasteiger partial charge in [-0.1, -0.05) is 19.8 Å². The van der Waals surface area contributed by atoms with Crippen LogP contribution in [0.15, 0.2) is 0 Å². The Morgan fingerprint density at radius 2 is 1.59 bits per heavy atom. The molecule has 2 aliphatic heterocycles. The molecule has 4 aliphatic carbocycles. The van der Waals surface area contributed by atoms with E-state index in [1.807, 2.05) is 0 Å². The van der Waals surface area contributed by atoms with E-state index >= 15 is 0 Å². The molecule has 1 spiro atoms. The van der Waals surface area contributed by atoms with Gasteiger partial charge in [-0.15, -0.1) is 12.3 Å². The van der Waals surface area contributed by atoms with E-state index < -0.39 is 5.79 Å². The Morgan fingerprint density at radius 1 is 0.828 bits per heavy atom. The first-order chi connectivity index (χ1) is 14.1. The van der Waals surface area contributed by atoms with Crippen molar-refractivity contribution >= 4 is 0 Å². The lowest BCUT2D eigenvalue weighted by molar-refractivity contribution is -0.319. The van der Waals surface area contributed by atoms with Crippen molar-refractivity contribution < 1.29 is 18.9 Å². The molecule has 0 amide bonds. The predicted molar refractivity (Wildman–Crippen MR) is 109 cm³/mol. The van der Waals surface area contributed by atoms with E-state index in [2.05, 4.69) is 12.8 Å². The third kappa shape index (κ3) is 2.37. The summed E-state index contributed by atoms with van der Waals surface area (Å²) in [5.41, 5.74) is 0.229. The van der Waals surface area contributed by atoms with Gasteiger partial charge in [0.05, 0.1) is 31.8 Å². The average Bonchev–Trinajstić information content (AvgIpc) is 2.91. The molecule has 6 rings (SSSR count). The van der Waals surface area contributed by atoms with Crippen molar-refractivity contribution in [2.45, 2.75) is 76.8 Å². The van der Waals surface area contributed by atoms with E-state index in [1.54, 1.807) is 0 Å². The smallest absolute Gasteiger partial charge is 0.179 e. The second kappa shape index (κ2) is 6.70. The summed E-state index contributed by atoms with van der Waals surface area (Å²) in [4.78, 5) is 0. The van der Waals surface area contributed by atoms with Crippen LogP contribution in [-0.4, -0.2) is 38.5 Å². The van der Waals surface area contributed by atoms with Crippen LogP contribution in [0, 0.1) is 52.8 Å². The Bertz CT molecular complexity index is 687. The maximum absolute atomic E-state index is 6.52. The average molecular weight is 401 g/mol. The topological polar surface area (TPSA) is 36.9 Å². The van der Waals surface area contributed by atoms with E-state index in [-0.39, 0.29) is 11.7 Å². The zero-order valence-corrected chi connectivity index (χ0v) is 17.9. The van der Waals surface area contributed by atoms with Crippen LogP contribution in [0.4, 0.5) is 0 Å². The Balaban J connectivity index is 1.43. The molecule has 4 nitrogen and oxygen atoms in total. The molecule has 1 unspecified atom stereocenters. The maximum Gasteiger partial charge on any atom is 0.179 e. The summed E-state index contributed by atoms with van der Waals surface area (Å²) in [6.45, 7) is 5.00. The summed E-state index contributed by atoms with van der Waals surface area (Å²) in [5.74, 6) is 5.81. The minimum atomic E-state index is -0.518. The lowest BCUT2D eigenvalue weighted by Gasteiger charge is -2.63. The van der Waals surface area contributed by atoms with Crippen molar-refractivity contribution in [3.63, 3.8) is 0 Å². The van der Waals surface area contributed by atoms with Crippen LogP contribution in [0.25, 0.3) is 0 Å². The molecule has 0 aromatic rings. The molecular weight excluding hydrogens is 364 g/mol. The largest absolute Gasteiger partial charge is 0.349 e. The molecule has 29 heavy (non-hydrogen) atoms. The van der Waals surface area contributed by atoms with Gasteiger partial charge in [-0.05, 0) is 67.6 Å². The normalized spacial score (nSPS) is 56.6. The Kier molecular flexibility index (Phi) is 4.41. The zero-order chi connectivity index (χ0) is 19.7. The van der Waals surface area contributed by atoms with E-state index in [0.29, 0.717) is 55.5 Å². The van der Waals surface area contributed by atoms with Gasteiger partial charge >= 0.3 is 0 Å². The molecule has 0 radical (unpaired) electrons. The van der Waals surface area contributed by atoms with E-state index in [0.717, 1.165) is 25.2 Å². The quantitative estimate of drug-likeness (QED) is 0.566. The van der Waals surface area contributed by atoms with Crippen molar-refractivity contribution in [1.82, 2.24) is 0 Å². The molecule has 6 aliphatic rings. The molecule has 2 heterocycles. The Morgan fingerprint density at radius 3 is 2.34 bits per heavy atom. The van der Waals surface area contributed by atoms with Crippen molar-refractivity contribution in [1.29, 1.82) is 0 Å². The van der Waals surface area contributed by atoms with Gasteiger partial charge in [0.1, 0.15) is 0 Å². The zero-order valence-electron chi connectivity index (χ0n) is 17.9. The van der Waals surface area contributed by atoms with Gasteiger partial charge in [-0.2, -0.15) is 0 Å². The highest BCUT2D eigenvalue weighted by Gasteiger charge is 2.73. The van der Waals surface area contributed by atoms with Gasteiger partial charge in [0.25, 0.3) is 0 Å². The van der Waals surface area contributed by atoms with E-state index in [1.165, 1.54) is 38.5 Å². The maximum atomic E-state index is 6.52. The van der Waals surface area contributed by atoms with Crippen LogP contribution in [0.3, 0.4) is 0 Å². The highest BCUT2D eigenvalue weighted by atomic mass is 16.8. The Labute approximate surface area is 175 Å². The predicted octanol–water partition coefficient (Wildman–Crippen LogP) is 4.37. The number of rotatable bonds is 0. The number of hydrogen-bond acceptors (Lipinski definition) is 4. The van der Waals surface area contributed by atoms with Gasteiger partial charge in [0.2, 0.25) is 0 Å². The minimum absolute atomic E-state index is 0.168. The van der Waals surface area contributed by atoms with Crippen molar-refractivity contribution in [3.8, 4) is 12.3 Å². The molecule has 4 heteroatoms. The standard InChI is InChI=1S/C25H36O4/c1-3-17-16-18-20(23(2)9-5-4-6-19(17)23)7-10-24-21(18)8-11-25(24)28-14-12-26-22(24)27-13-15-29-25/h1,17-22H,4-16H2,2H3/t17-,18+,19?,20-,21-,22?,23-,24-,25?/m0/s1. The summed E-state index contributed by atoms with van der Waals surface area (Å²) < 4.78 is 25.7. The van der Waals surface area contributed by atoms with Crippen LogP contribution < -0.4 is 0 Å². The van der Waals surface area contributed by atoms with Gasteiger partial charge in [-0.25, -0.2) is 0 Å². The van der Waals surface area contributed by atoms with E-state index in [4.69, 9.17) is 25.4 Å². The SMILES string of the molecule is C#C[C@H]1C[C@@H]2[C@H](CC[C@]34C5OCCOC3(CC[C@@H]24)OCCO5)[C@@]2(C)CCCCC12. The molecular formula is C25H36O4. The second-order valence-corrected chi connectivity index (χ2v) is 10.9. The summed E-state index contributed by atoms with van der Waals surface area (Å²) in [6, 6.07) is 0. The summed E-state index contributed by atoms with van der Waals surface area (Å²) in [6.07, 6.45) is 17.0. The molecule has 0 aromatic heterocycles. The van der Waals surface area contributed by atoms with Gasteiger partial charge in [0, 0.05) is 12.3 Å². The highest BCUT2D eigenvalue weighted by Crippen LogP contribution is 2.71. The molecule has 2 saturated heterocycles. The summed E-state index contributed by atoms with van der Waals surface area (Å²) in [7, 11) is 0. The van der Waals surface area contributed by atoms with Crippen molar-refractivity contribution in [2.24, 2.45) is 40.4 Å². The van der Waals surface area contributed by atoms with E-state index in [9.17, 15) is 0 Å². The first-order valence-electron chi connectivity index (χ1n) is 12.1. The third-order valence-corrected chi connectivity index (χ3v) is 10.3. The fourth-order valence-electron chi connectivity index (χ4n) is 9.27. The van der Waals surface area contributed by atoms with Crippen LogP contribution in [0.2, 0.25) is 0 Å². The summed E-state index contributed by atoms with van der Waals surface area (Å²) >= 11 is 0. The number of hydrogen-bond donors (Lipinski definition) is 0. The number of fused-ring (bicyclic) bond motifs is 4. The monoisotopic (exact) mass is 400 g/mol. The molecule has 4 saturated carbocycles. The molecule has 7 atom stereocenters. The molecule has 2 bridgehead atoms. The first-order valence-corrected chi connectivity index (χ1v) is 12.1. The van der Waals surface area contributed by atoms with Crippen LogP contribution in [-0.2, 0) is 18.9 Å². The number of ether oxygens (including phenoxy) is 4. The molecule has 6 fully saturated rings. The third-order valence-electron chi connectivity index (χ3n) is 10.3. The molecule has 160 valence electrons. The highest BCUT2D eigenvalue weighted by molar-refractivity contribution is 5.18. The fourth-order valence-corrected chi connectivity index (χ4v) is 9.27.